The Morgan fingerprint density at radius 3 is 2.87 bits per heavy atom. The zero-order valence-electron chi connectivity index (χ0n) is 8.32. The van der Waals surface area contributed by atoms with Gasteiger partial charge in [0.15, 0.2) is 0 Å². The van der Waals surface area contributed by atoms with Crippen LogP contribution in [-0.2, 0) is 0 Å². The predicted octanol–water partition coefficient (Wildman–Crippen LogP) is 2.65. The lowest BCUT2D eigenvalue weighted by Crippen LogP contribution is -2.20. The summed E-state index contributed by atoms with van der Waals surface area (Å²) in [4.78, 5) is 17.9. The third kappa shape index (κ3) is 1.82. The van der Waals surface area contributed by atoms with Crippen molar-refractivity contribution >= 4 is 38.9 Å². The summed E-state index contributed by atoms with van der Waals surface area (Å²) in [5, 5.41) is 1.29. The van der Waals surface area contributed by atoms with Gasteiger partial charge in [-0.2, -0.15) is 0 Å². The minimum atomic E-state index is -0.00716. The first kappa shape index (κ1) is 10.4. The zero-order valence-corrected chi connectivity index (χ0v) is 9.89. The number of thiophene rings is 1. The van der Waals surface area contributed by atoms with Crippen LogP contribution in [0.15, 0.2) is 18.3 Å². The first-order chi connectivity index (χ1) is 7.09. The number of aromatic nitrogens is 1. The highest BCUT2D eigenvalue weighted by Crippen LogP contribution is 2.29. The molecule has 0 aromatic carbocycles. The van der Waals surface area contributed by atoms with Crippen LogP contribution >= 0.6 is 22.9 Å². The third-order valence-corrected chi connectivity index (χ3v) is 3.40. The van der Waals surface area contributed by atoms with Gasteiger partial charge in [0.25, 0.3) is 5.91 Å². The Bertz CT molecular complexity index is 521. The molecule has 2 rings (SSSR count). The van der Waals surface area contributed by atoms with E-state index in [0.717, 1.165) is 10.1 Å². The maximum Gasteiger partial charge on any atom is 0.263 e. The predicted molar refractivity (Wildman–Crippen MR) is 62.6 cm³/mol. The van der Waals surface area contributed by atoms with Crippen molar-refractivity contribution in [3.63, 3.8) is 0 Å². The molecule has 5 heteroatoms. The summed E-state index contributed by atoms with van der Waals surface area (Å²) in [5.74, 6) is -0.00716. The van der Waals surface area contributed by atoms with Crippen molar-refractivity contribution in [1.82, 2.24) is 9.88 Å². The second-order valence-electron chi connectivity index (χ2n) is 3.32. The minimum Gasteiger partial charge on any atom is -0.344 e. The van der Waals surface area contributed by atoms with Gasteiger partial charge in [-0.25, -0.2) is 4.98 Å². The topological polar surface area (TPSA) is 33.2 Å². The molecule has 2 aromatic heterocycles. The molecule has 0 aliphatic carbocycles. The quantitative estimate of drug-likeness (QED) is 0.718. The number of fused-ring (bicyclic) bond motifs is 1. The van der Waals surface area contributed by atoms with Crippen LogP contribution in [0.25, 0.3) is 10.1 Å². The molecule has 78 valence electrons. The third-order valence-electron chi connectivity index (χ3n) is 2.01. The number of hydrogen-bond acceptors (Lipinski definition) is 3. The molecule has 1 amide bonds. The largest absolute Gasteiger partial charge is 0.344 e. The molecule has 0 unspecified atom stereocenters. The molecular formula is C10H9ClN2OS. The number of hydrogen-bond donors (Lipinski definition) is 0. The van der Waals surface area contributed by atoms with E-state index >= 15 is 0 Å². The van der Waals surface area contributed by atoms with Gasteiger partial charge in [0.2, 0.25) is 0 Å². The fourth-order valence-electron chi connectivity index (χ4n) is 1.26. The van der Waals surface area contributed by atoms with Crippen molar-refractivity contribution in [1.29, 1.82) is 0 Å². The van der Waals surface area contributed by atoms with Gasteiger partial charge >= 0.3 is 0 Å². The number of nitrogens with zero attached hydrogens (tertiary/aromatic N) is 2. The molecule has 15 heavy (non-hydrogen) atoms. The fraction of sp³-hybridized carbons (Fsp3) is 0.200. The van der Waals surface area contributed by atoms with E-state index in [1.165, 1.54) is 11.3 Å². The average molecular weight is 241 g/mol. The highest BCUT2D eigenvalue weighted by Gasteiger charge is 2.13. The molecule has 2 aromatic rings. The minimum absolute atomic E-state index is 0.00716. The van der Waals surface area contributed by atoms with Crippen LogP contribution in [0, 0.1) is 0 Å². The summed E-state index contributed by atoms with van der Waals surface area (Å²) in [5.41, 5.74) is 0. The van der Waals surface area contributed by atoms with Crippen LogP contribution in [-0.4, -0.2) is 29.9 Å². The lowest BCUT2D eigenvalue weighted by Gasteiger charge is -2.06. The highest BCUT2D eigenvalue weighted by atomic mass is 35.5. The summed E-state index contributed by atoms with van der Waals surface area (Å²) in [6, 6.07) is 3.65. The van der Waals surface area contributed by atoms with Crippen molar-refractivity contribution in [3.8, 4) is 0 Å². The molecule has 0 aliphatic heterocycles. The van der Waals surface area contributed by atoms with Gasteiger partial charge in [-0.3, -0.25) is 4.79 Å². The number of carbonyl (C=O) groups excluding carboxylic acids is 1. The summed E-state index contributed by atoms with van der Waals surface area (Å²) in [6.45, 7) is 0. The number of pyridine rings is 1. The van der Waals surface area contributed by atoms with Gasteiger partial charge in [0, 0.05) is 30.4 Å². The summed E-state index contributed by atoms with van der Waals surface area (Å²) >= 11 is 7.36. The van der Waals surface area contributed by atoms with E-state index in [1.54, 1.807) is 31.3 Å². The Hall–Kier alpha value is -1.13. The smallest absolute Gasteiger partial charge is 0.263 e. The van der Waals surface area contributed by atoms with E-state index in [4.69, 9.17) is 11.6 Å². The van der Waals surface area contributed by atoms with Gasteiger partial charge in [-0.1, -0.05) is 11.6 Å². The lowest BCUT2D eigenvalue weighted by molar-refractivity contribution is 0.0832. The second-order valence-corrected chi connectivity index (χ2v) is 4.77. The van der Waals surface area contributed by atoms with E-state index in [-0.39, 0.29) is 5.91 Å². The molecule has 0 radical (unpaired) electrons. The number of halogens is 1. The van der Waals surface area contributed by atoms with Crippen LogP contribution in [0.5, 0.6) is 0 Å². The van der Waals surface area contributed by atoms with Crippen molar-refractivity contribution in [3.05, 3.63) is 28.4 Å². The van der Waals surface area contributed by atoms with E-state index in [9.17, 15) is 4.79 Å². The SMILES string of the molecule is CN(C)C(=O)c1cc2c(Cl)nccc2s1. The highest BCUT2D eigenvalue weighted by molar-refractivity contribution is 7.20. The van der Waals surface area contributed by atoms with Crippen molar-refractivity contribution in [2.24, 2.45) is 0 Å². The van der Waals surface area contributed by atoms with Crippen LogP contribution < -0.4 is 0 Å². The molecule has 0 saturated carbocycles. The van der Waals surface area contributed by atoms with Crippen LogP contribution in [0.4, 0.5) is 0 Å². The Morgan fingerprint density at radius 1 is 1.53 bits per heavy atom. The average Bonchev–Trinajstić information content (AvgIpc) is 2.61. The Labute approximate surface area is 96.3 Å². The van der Waals surface area contributed by atoms with Crippen LogP contribution in [0.2, 0.25) is 5.15 Å². The molecule has 0 bridgehead atoms. The number of carbonyl (C=O) groups is 1. The lowest BCUT2D eigenvalue weighted by atomic mass is 10.3. The van der Waals surface area contributed by atoms with Gasteiger partial charge < -0.3 is 4.90 Å². The van der Waals surface area contributed by atoms with Crippen LogP contribution in [0.1, 0.15) is 9.67 Å². The first-order valence-electron chi connectivity index (χ1n) is 4.35. The van der Waals surface area contributed by atoms with Crippen molar-refractivity contribution < 1.29 is 4.79 Å². The molecular weight excluding hydrogens is 232 g/mol. The summed E-state index contributed by atoms with van der Waals surface area (Å²) < 4.78 is 0.986. The van der Waals surface area contributed by atoms with E-state index in [2.05, 4.69) is 4.98 Å². The Balaban J connectivity index is 2.57. The van der Waals surface area contributed by atoms with E-state index in [1.807, 2.05) is 6.07 Å². The van der Waals surface area contributed by atoms with Gasteiger partial charge in [0.1, 0.15) is 5.15 Å². The summed E-state index contributed by atoms with van der Waals surface area (Å²) in [7, 11) is 3.46. The number of amides is 1. The molecule has 3 nitrogen and oxygen atoms in total. The van der Waals surface area contributed by atoms with E-state index < -0.39 is 0 Å². The Morgan fingerprint density at radius 2 is 2.27 bits per heavy atom. The Kier molecular flexibility index (Phi) is 2.63. The molecule has 2 heterocycles. The monoisotopic (exact) mass is 240 g/mol. The van der Waals surface area contributed by atoms with Gasteiger partial charge in [-0.05, 0) is 12.1 Å². The zero-order chi connectivity index (χ0) is 11.0. The molecule has 0 N–H and O–H groups in total. The van der Waals surface area contributed by atoms with E-state index in [0.29, 0.717) is 10.0 Å². The maximum atomic E-state index is 11.7. The molecule has 0 atom stereocenters. The second kappa shape index (κ2) is 3.79. The van der Waals surface area contributed by atoms with Gasteiger partial charge in [-0.15, -0.1) is 11.3 Å². The fourth-order valence-corrected chi connectivity index (χ4v) is 2.60. The first-order valence-corrected chi connectivity index (χ1v) is 5.55. The standard InChI is InChI=1S/C10H9ClN2OS/c1-13(2)10(14)8-5-6-7(15-8)3-4-12-9(6)11/h3-5H,1-2H3. The molecule has 0 saturated heterocycles. The van der Waals surface area contributed by atoms with Crippen molar-refractivity contribution in [2.45, 2.75) is 0 Å². The maximum absolute atomic E-state index is 11.7. The molecule has 0 fully saturated rings. The molecule has 0 aliphatic rings. The van der Waals surface area contributed by atoms with Crippen LogP contribution in [0.3, 0.4) is 0 Å². The normalized spacial score (nSPS) is 10.6. The van der Waals surface area contributed by atoms with Crippen molar-refractivity contribution in [2.75, 3.05) is 14.1 Å². The summed E-state index contributed by atoms with van der Waals surface area (Å²) in [6.07, 6.45) is 1.64. The van der Waals surface area contributed by atoms with Gasteiger partial charge in [0.05, 0.1) is 4.88 Å². The molecule has 0 spiro atoms. The number of rotatable bonds is 1.